The third kappa shape index (κ3) is 2.19. The molecule has 0 fully saturated rings. The highest BCUT2D eigenvalue weighted by molar-refractivity contribution is 9.11. The lowest BCUT2D eigenvalue weighted by Crippen LogP contribution is -1.81. The van der Waals surface area contributed by atoms with Crippen molar-refractivity contribution in [2.75, 3.05) is 0 Å². The van der Waals surface area contributed by atoms with Crippen LogP contribution in [0.15, 0.2) is 22.1 Å². The fourth-order valence-corrected chi connectivity index (χ4v) is 2.47. The summed E-state index contributed by atoms with van der Waals surface area (Å²) < 4.78 is 8.58. The van der Waals surface area contributed by atoms with Gasteiger partial charge in [-0.1, -0.05) is 44.0 Å². The number of rotatable bonds is 2. The van der Waals surface area contributed by atoms with Crippen LogP contribution in [0.1, 0.15) is 11.1 Å². The van der Waals surface area contributed by atoms with Crippen molar-refractivity contribution in [3.8, 4) is 0 Å². The predicted octanol–water partition coefficient (Wildman–Crippen LogP) is 4.42. The summed E-state index contributed by atoms with van der Waals surface area (Å²) in [6.45, 7) is 0. The van der Waals surface area contributed by atoms with Gasteiger partial charge >= 0.3 is 0 Å². The van der Waals surface area contributed by atoms with Crippen molar-refractivity contribution < 1.29 is 0 Å². The minimum atomic E-state index is 0.943. The summed E-state index contributed by atoms with van der Waals surface area (Å²) in [5.74, 6) is 0. The minimum absolute atomic E-state index is 0.943. The second-order valence-electron chi connectivity index (χ2n) is 2.79. The molecule has 15 heavy (non-hydrogen) atoms. The van der Waals surface area contributed by atoms with Crippen LogP contribution in [0.25, 0.3) is 23.2 Å². The molecule has 1 aromatic heterocycles. The van der Waals surface area contributed by atoms with Crippen LogP contribution in [0.3, 0.4) is 0 Å². The molecule has 0 unspecified atom stereocenters. The molecule has 0 saturated heterocycles. The molecule has 0 spiro atoms. The molecule has 0 atom stereocenters. The van der Waals surface area contributed by atoms with Crippen LogP contribution in [0.4, 0.5) is 0 Å². The fraction of sp³-hybridized carbons (Fsp3) is 0. The second kappa shape index (κ2) is 5.01. The van der Waals surface area contributed by atoms with E-state index in [0.29, 0.717) is 0 Å². The Balaban J connectivity index is 2.70. The highest BCUT2D eigenvalue weighted by Gasteiger charge is 2.06. The molecule has 0 N–H and O–H groups in total. The van der Waals surface area contributed by atoms with E-state index in [1.807, 2.05) is 34.3 Å². The molecule has 1 aromatic carbocycles. The summed E-state index contributed by atoms with van der Waals surface area (Å²) in [7, 11) is 0. The average Bonchev–Trinajstić information content (AvgIpc) is 2.71. The van der Waals surface area contributed by atoms with Crippen LogP contribution < -0.4 is 0 Å². The molecule has 0 aliphatic carbocycles. The summed E-state index contributed by atoms with van der Waals surface area (Å²) in [5, 5.41) is 0. The van der Waals surface area contributed by atoms with Gasteiger partial charge in [0.1, 0.15) is 11.0 Å². The third-order valence-electron chi connectivity index (χ3n) is 1.96. The minimum Gasteiger partial charge on any atom is -0.172 e. The van der Waals surface area contributed by atoms with E-state index >= 15 is 0 Å². The maximum Gasteiger partial charge on any atom is 0.112 e. The largest absolute Gasteiger partial charge is 0.172 e. The van der Waals surface area contributed by atoms with Gasteiger partial charge < -0.3 is 0 Å². The Bertz CT molecular complexity index is 485. The van der Waals surface area contributed by atoms with Crippen molar-refractivity contribution in [3.05, 3.63) is 33.2 Å². The molecule has 0 amide bonds. The molecule has 0 bridgehead atoms. The van der Waals surface area contributed by atoms with Crippen LogP contribution in [0.2, 0.25) is 0 Å². The van der Waals surface area contributed by atoms with Gasteiger partial charge in [0.05, 0.1) is 11.7 Å². The van der Waals surface area contributed by atoms with Crippen molar-refractivity contribution >= 4 is 66.8 Å². The average molecular weight is 346 g/mol. The lowest BCUT2D eigenvalue weighted by atomic mass is 10.1. The van der Waals surface area contributed by atoms with Crippen molar-refractivity contribution in [3.63, 3.8) is 0 Å². The molecule has 2 rings (SSSR count). The molecular formula is C10H6Br2N2S. The van der Waals surface area contributed by atoms with Crippen LogP contribution in [-0.4, -0.2) is 8.75 Å². The third-order valence-corrected chi connectivity index (χ3v) is 3.02. The quantitative estimate of drug-likeness (QED) is 0.805. The smallest absolute Gasteiger partial charge is 0.112 e. The summed E-state index contributed by atoms with van der Waals surface area (Å²) in [6, 6.07) is 4.06. The number of hydrogen-bond acceptors (Lipinski definition) is 3. The number of aromatic nitrogens is 2. The van der Waals surface area contributed by atoms with Gasteiger partial charge in [0.15, 0.2) is 0 Å². The first-order valence-electron chi connectivity index (χ1n) is 4.15. The van der Waals surface area contributed by atoms with Gasteiger partial charge in [0.2, 0.25) is 0 Å². The van der Waals surface area contributed by atoms with Crippen molar-refractivity contribution in [2.45, 2.75) is 0 Å². The summed E-state index contributed by atoms with van der Waals surface area (Å²) in [4.78, 5) is 3.64. The van der Waals surface area contributed by atoms with E-state index in [1.54, 1.807) is 0 Å². The van der Waals surface area contributed by atoms with Gasteiger partial charge in [-0.25, -0.2) is 0 Å². The molecular weight excluding hydrogens is 340 g/mol. The van der Waals surface area contributed by atoms with E-state index in [4.69, 9.17) is 0 Å². The Hall–Kier alpha value is -0.520. The highest BCUT2D eigenvalue weighted by atomic mass is 79.9. The molecule has 5 heteroatoms. The lowest BCUT2D eigenvalue weighted by molar-refractivity contribution is 1.59. The van der Waals surface area contributed by atoms with E-state index in [1.165, 1.54) is 11.7 Å². The van der Waals surface area contributed by atoms with Gasteiger partial charge in [-0.3, -0.25) is 0 Å². The number of halogens is 2. The van der Waals surface area contributed by atoms with Gasteiger partial charge in [0.25, 0.3) is 0 Å². The molecule has 0 saturated carbocycles. The Morgan fingerprint density at radius 3 is 1.80 bits per heavy atom. The Kier molecular flexibility index (Phi) is 3.66. The second-order valence-corrected chi connectivity index (χ2v) is 4.38. The van der Waals surface area contributed by atoms with Crippen molar-refractivity contribution in [1.29, 1.82) is 0 Å². The summed E-state index contributed by atoms with van der Waals surface area (Å²) >= 11 is 7.76. The number of nitrogens with zero attached hydrogens (tertiary/aromatic N) is 2. The molecule has 0 aliphatic rings. The fourth-order valence-electron chi connectivity index (χ4n) is 1.31. The summed E-state index contributed by atoms with van der Waals surface area (Å²) in [5.41, 5.74) is 4.03. The van der Waals surface area contributed by atoms with E-state index in [9.17, 15) is 0 Å². The van der Waals surface area contributed by atoms with E-state index < -0.39 is 0 Å². The molecule has 2 aromatic rings. The van der Waals surface area contributed by atoms with Crippen LogP contribution in [-0.2, 0) is 0 Å². The zero-order valence-electron chi connectivity index (χ0n) is 7.52. The van der Waals surface area contributed by atoms with Gasteiger partial charge in [-0.2, -0.15) is 8.75 Å². The van der Waals surface area contributed by atoms with E-state index in [0.717, 1.165) is 22.2 Å². The van der Waals surface area contributed by atoms with Gasteiger partial charge in [-0.05, 0) is 22.1 Å². The van der Waals surface area contributed by atoms with Crippen molar-refractivity contribution in [2.24, 2.45) is 0 Å². The van der Waals surface area contributed by atoms with Gasteiger partial charge in [-0.15, -0.1) is 0 Å². The zero-order chi connectivity index (χ0) is 10.7. The van der Waals surface area contributed by atoms with E-state index in [2.05, 4.69) is 40.6 Å². The molecule has 1 heterocycles. The number of fused-ring (bicyclic) bond motifs is 1. The predicted molar refractivity (Wildman–Crippen MR) is 73.3 cm³/mol. The Morgan fingerprint density at radius 2 is 1.40 bits per heavy atom. The lowest BCUT2D eigenvalue weighted by Gasteiger charge is -1.97. The Labute approximate surface area is 108 Å². The number of hydrogen-bond donors (Lipinski definition) is 0. The standard InChI is InChI=1S/C10H6Br2N2S/c11-5-3-7-1-2-8(4-6-12)10-9(7)13-15-14-10/h1-6H/b5-3-,6-4-. The SMILES string of the molecule is Br/C=C\c1ccc(/C=C\Br)c2nsnc12. The normalized spacial score (nSPS) is 12.1. The molecule has 2 nitrogen and oxygen atoms in total. The topological polar surface area (TPSA) is 25.8 Å². The zero-order valence-corrected chi connectivity index (χ0v) is 11.5. The Morgan fingerprint density at radius 1 is 0.933 bits per heavy atom. The van der Waals surface area contributed by atoms with Gasteiger partial charge in [0, 0.05) is 11.1 Å². The maximum absolute atomic E-state index is 4.29. The van der Waals surface area contributed by atoms with Crippen LogP contribution in [0, 0.1) is 0 Å². The van der Waals surface area contributed by atoms with E-state index in [-0.39, 0.29) is 0 Å². The van der Waals surface area contributed by atoms with Crippen molar-refractivity contribution in [1.82, 2.24) is 8.75 Å². The maximum atomic E-state index is 4.29. The molecule has 0 radical (unpaired) electrons. The number of benzene rings is 1. The monoisotopic (exact) mass is 344 g/mol. The molecule has 0 aliphatic heterocycles. The highest BCUT2D eigenvalue weighted by Crippen LogP contribution is 2.23. The first-order chi connectivity index (χ1) is 7.36. The molecule has 76 valence electrons. The summed E-state index contributed by atoms with van der Waals surface area (Å²) in [6.07, 6.45) is 3.93. The van der Waals surface area contributed by atoms with Crippen LogP contribution in [0.5, 0.6) is 0 Å². The first kappa shape index (κ1) is 11.0. The van der Waals surface area contributed by atoms with Crippen LogP contribution >= 0.6 is 43.6 Å². The first-order valence-corrected chi connectivity index (χ1v) is 6.72.